The van der Waals surface area contributed by atoms with Gasteiger partial charge < -0.3 is 14.2 Å². The standard InChI is InChI=1S/C16H16N6O2/c23-16(13-2-1-11-24-13)21-9-7-20(8-10-21)14-3-4-15(19-18-14)22-6-5-17-12-22/h1-6,11-12H,7-10H2. The predicted octanol–water partition coefficient (Wildman–Crippen LogP) is 1.22. The predicted molar refractivity (Wildman–Crippen MR) is 86.0 cm³/mol. The van der Waals surface area contributed by atoms with Gasteiger partial charge in [0, 0.05) is 38.6 Å². The zero-order valence-corrected chi connectivity index (χ0v) is 12.9. The number of hydrogen-bond donors (Lipinski definition) is 0. The molecule has 4 rings (SSSR count). The Bertz CT molecular complexity index is 790. The molecule has 0 aromatic carbocycles. The van der Waals surface area contributed by atoms with E-state index >= 15 is 0 Å². The van der Waals surface area contributed by atoms with Gasteiger partial charge in [-0.1, -0.05) is 0 Å². The highest BCUT2D eigenvalue weighted by atomic mass is 16.3. The van der Waals surface area contributed by atoms with Crippen LogP contribution in [0.2, 0.25) is 0 Å². The van der Waals surface area contributed by atoms with E-state index in [1.807, 2.05) is 18.3 Å². The number of piperazine rings is 1. The van der Waals surface area contributed by atoms with Gasteiger partial charge in [-0.15, -0.1) is 10.2 Å². The molecule has 4 heterocycles. The van der Waals surface area contributed by atoms with Crippen molar-refractivity contribution in [2.24, 2.45) is 0 Å². The number of hydrogen-bond acceptors (Lipinski definition) is 6. The Hall–Kier alpha value is -3.16. The molecule has 122 valence electrons. The molecule has 0 unspecified atom stereocenters. The topological polar surface area (TPSA) is 80.3 Å². The Morgan fingerprint density at radius 2 is 1.83 bits per heavy atom. The summed E-state index contributed by atoms with van der Waals surface area (Å²) in [6.07, 6.45) is 6.72. The van der Waals surface area contributed by atoms with Crippen LogP contribution in [0.1, 0.15) is 10.6 Å². The molecule has 8 heteroatoms. The van der Waals surface area contributed by atoms with E-state index in [1.54, 1.807) is 34.1 Å². The second-order valence-corrected chi connectivity index (χ2v) is 5.48. The minimum atomic E-state index is -0.0683. The van der Waals surface area contributed by atoms with Crippen molar-refractivity contribution < 1.29 is 9.21 Å². The van der Waals surface area contributed by atoms with Crippen LogP contribution in [0.4, 0.5) is 5.82 Å². The summed E-state index contributed by atoms with van der Waals surface area (Å²) in [6.45, 7) is 2.69. The molecule has 8 nitrogen and oxygen atoms in total. The second kappa shape index (κ2) is 6.15. The van der Waals surface area contributed by atoms with Crippen LogP contribution in [-0.4, -0.2) is 56.7 Å². The molecule has 1 saturated heterocycles. The molecule has 0 bridgehead atoms. The first-order valence-corrected chi connectivity index (χ1v) is 7.71. The molecule has 0 saturated carbocycles. The van der Waals surface area contributed by atoms with Gasteiger partial charge in [0.2, 0.25) is 0 Å². The van der Waals surface area contributed by atoms with E-state index in [0.717, 1.165) is 11.6 Å². The monoisotopic (exact) mass is 324 g/mol. The summed E-state index contributed by atoms with van der Waals surface area (Å²) in [5, 5.41) is 8.51. The minimum absolute atomic E-state index is 0.0683. The van der Waals surface area contributed by atoms with Crippen LogP contribution in [-0.2, 0) is 0 Å². The van der Waals surface area contributed by atoms with Gasteiger partial charge in [0.15, 0.2) is 17.4 Å². The van der Waals surface area contributed by atoms with Crippen molar-refractivity contribution in [3.63, 3.8) is 0 Å². The summed E-state index contributed by atoms with van der Waals surface area (Å²) >= 11 is 0. The molecule has 3 aromatic heterocycles. The summed E-state index contributed by atoms with van der Waals surface area (Å²) in [6, 6.07) is 7.26. The molecule has 0 radical (unpaired) electrons. The molecule has 0 atom stereocenters. The van der Waals surface area contributed by atoms with Gasteiger partial charge in [0.25, 0.3) is 5.91 Å². The summed E-state index contributed by atoms with van der Waals surface area (Å²) in [4.78, 5) is 20.2. The average Bonchev–Trinajstić information content (AvgIpc) is 3.35. The summed E-state index contributed by atoms with van der Waals surface area (Å²) < 4.78 is 6.98. The Kier molecular flexibility index (Phi) is 3.70. The molecule has 0 spiro atoms. The van der Waals surface area contributed by atoms with Crippen LogP contribution in [0, 0.1) is 0 Å². The third kappa shape index (κ3) is 2.73. The van der Waals surface area contributed by atoms with Crippen molar-refractivity contribution in [2.45, 2.75) is 0 Å². The van der Waals surface area contributed by atoms with E-state index in [1.165, 1.54) is 6.26 Å². The zero-order valence-electron chi connectivity index (χ0n) is 12.9. The Balaban J connectivity index is 1.40. The maximum Gasteiger partial charge on any atom is 0.289 e. The number of anilines is 1. The highest BCUT2D eigenvalue weighted by Crippen LogP contribution is 2.15. The highest BCUT2D eigenvalue weighted by Gasteiger charge is 2.24. The van der Waals surface area contributed by atoms with Crippen LogP contribution >= 0.6 is 0 Å². The number of carbonyl (C=O) groups excluding carboxylic acids is 1. The number of carbonyl (C=O) groups is 1. The van der Waals surface area contributed by atoms with Gasteiger partial charge in [-0.25, -0.2) is 4.98 Å². The lowest BCUT2D eigenvalue weighted by Gasteiger charge is -2.34. The third-order valence-corrected chi connectivity index (χ3v) is 4.03. The van der Waals surface area contributed by atoms with Crippen molar-refractivity contribution in [2.75, 3.05) is 31.1 Å². The molecular formula is C16H16N6O2. The molecule has 0 aliphatic carbocycles. The van der Waals surface area contributed by atoms with Gasteiger partial charge in [0.1, 0.15) is 6.33 Å². The molecule has 1 aliphatic heterocycles. The summed E-state index contributed by atoms with van der Waals surface area (Å²) in [5.74, 6) is 1.85. The van der Waals surface area contributed by atoms with Crippen molar-refractivity contribution in [3.8, 4) is 5.82 Å². The van der Waals surface area contributed by atoms with Gasteiger partial charge in [-0.05, 0) is 24.3 Å². The van der Waals surface area contributed by atoms with Gasteiger partial charge >= 0.3 is 0 Å². The van der Waals surface area contributed by atoms with E-state index < -0.39 is 0 Å². The largest absolute Gasteiger partial charge is 0.459 e. The van der Waals surface area contributed by atoms with E-state index in [4.69, 9.17) is 4.42 Å². The van der Waals surface area contributed by atoms with Gasteiger partial charge in [-0.2, -0.15) is 0 Å². The maximum atomic E-state index is 12.3. The minimum Gasteiger partial charge on any atom is -0.459 e. The lowest BCUT2D eigenvalue weighted by molar-refractivity contribution is 0.0714. The van der Waals surface area contributed by atoms with E-state index in [9.17, 15) is 4.79 Å². The summed E-state index contributed by atoms with van der Waals surface area (Å²) in [5.41, 5.74) is 0. The molecule has 1 amide bonds. The number of rotatable bonds is 3. The first-order chi connectivity index (χ1) is 11.8. The number of amides is 1. The quantitative estimate of drug-likeness (QED) is 0.720. The third-order valence-electron chi connectivity index (χ3n) is 4.03. The van der Waals surface area contributed by atoms with E-state index in [2.05, 4.69) is 20.1 Å². The SMILES string of the molecule is O=C(c1ccco1)N1CCN(c2ccc(-n3ccnc3)nn2)CC1. The van der Waals surface area contributed by atoms with E-state index in [-0.39, 0.29) is 5.91 Å². The number of furan rings is 1. The van der Waals surface area contributed by atoms with Gasteiger partial charge in [0.05, 0.1) is 6.26 Å². The Morgan fingerprint density at radius 3 is 2.46 bits per heavy atom. The van der Waals surface area contributed by atoms with Crippen LogP contribution in [0.5, 0.6) is 0 Å². The molecule has 3 aromatic rings. The Labute approximate surface area is 138 Å². The molecular weight excluding hydrogens is 308 g/mol. The first-order valence-electron chi connectivity index (χ1n) is 7.71. The van der Waals surface area contributed by atoms with Crippen LogP contribution in [0.3, 0.4) is 0 Å². The first kappa shape index (κ1) is 14.4. The van der Waals surface area contributed by atoms with Crippen LogP contribution in [0.25, 0.3) is 5.82 Å². The van der Waals surface area contributed by atoms with Crippen molar-refractivity contribution >= 4 is 11.7 Å². The lowest BCUT2D eigenvalue weighted by atomic mass is 10.3. The lowest BCUT2D eigenvalue weighted by Crippen LogP contribution is -2.49. The normalized spacial score (nSPS) is 14.8. The smallest absolute Gasteiger partial charge is 0.289 e. The zero-order chi connectivity index (χ0) is 16.4. The molecule has 0 N–H and O–H groups in total. The second-order valence-electron chi connectivity index (χ2n) is 5.48. The van der Waals surface area contributed by atoms with Crippen molar-refractivity contribution in [1.82, 2.24) is 24.6 Å². The van der Waals surface area contributed by atoms with Crippen molar-refractivity contribution in [3.05, 3.63) is 55.0 Å². The molecule has 24 heavy (non-hydrogen) atoms. The Morgan fingerprint density at radius 1 is 1.04 bits per heavy atom. The van der Waals surface area contributed by atoms with Crippen LogP contribution < -0.4 is 4.90 Å². The summed E-state index contributed by atoms with van der Waals surface area (Å²) in [7, 11) is 0. The fourth-order valence-corrected chi connectivity index (χ4v) is 2.71. The number of aromatic nitrogens is 4. The number of imidazole rings is 1. The molecule has 1 aliphatic rings. The maximum absolute atomic E-state index is 12.3. The van der Waals surface area contributed by atoms with Crippen LogP contribution in [0.15, 0.2) is 53.7 Å². The molecule has 1 fully saturated rings. The average molecular weight is 324 g/mol. The number of nitrogens with zero attached hydrogens (tertiary/aromatic N) is 6. The fraction of sp³-hybridized carbons (Fsp3) is 0.250. The van der Waals surface area contributed by atoms with E-state index in [0.29, 0.717) is 31.9 Å². The fourth-order valence-electron chi connectivity index (χ4n) is 2.71. The highest BCUT2D eigenvalue weighted by molar-refractivity contribution is 5.91. The van der Waals surface area contributed by atoms with Crippen molar-refractivity contribution in [1.29, 1.82) is 0 Å². The van der Waals surface area contributed by atoms with Gasteiger partial charge in [-0.3, -0.25) is 9.36 Å².